The van der Waals surface area contributed by atoms with E-state index in [1.165, 1.54) is 18.2 Å². The average Bonchev–Trinajstić information content (AvgIpc) is 3.28. The Bertz CT molecular complexity index is 1350. The fraction of sp³-hybridized carbons (Fsp3) is 0.261. The normalized spacial score (nSPS) is 16.3. The molecule has 1 fully saturated rings. The van der Waals surface area contributed by atoms with E-state index in [1.807, 2.05) is 0 Å². The van der Waals surface area contributed by atoms with Crippen LogP contribution in [-0.2, 0) is 27.0 Å². The van der Waals surface area contributed by atoms with Crippen molar-refractivity contribution >= 4 is 41.2 Å². The molecule has 0 saturated carbocycles. The molecule has 0 bridgehead atoms. The molecule has 194 valence electrons. The van der Waals surface area contributed by atoms with Crippen LogP contribution >= 0.6 is 11.6 Å². The summed E-state index contributed by atoms with van der Waals surface area (Å²) < 4.78 is 50.1. The van der Waals surface area contributed by atoms with Gasteiger partial charge >= 0.3 is 24.2 Å². The first-order chi connectivity index (χ1) is 17.5. The van der Waals surface area contributed by atoms with Crippen LogP contribution in [0.4, 0.5) is 29.7 Å². The lowest BCUT2D eigenvalue weighted by Gasteiger charge is -2.37. The summed E-state index contributed by atoms with van der Waals surface area (Å²) >= 11 is 5.98. The van der Waals surface area contributed by atoms with Crippen LogP contribution < -0.4 is 10.6 Å². The zero-order valence-electron chi connectivity index (χ0n) is 19.2. The Morgan fingerprint density at radius 3 is 2.49 bits per heavy atom. The van der Waals surface area contributed by atoms with Crippen LogP contribution in [0.1, 0.15) is 18.1 Å². The van der Waals surface area contributed by atoms with Crippen molar-refractivity contribution in [3.05, 3.63) is 58.6 Å². The second kappa shape index (κ2) is 10.1. The molecule has 2 aromatic carbocycles. The van der Waals surface area contributed by atoms with Crippen LogP contribution in [0.2, 0.25) is 5.02 Å². The number of alkyl halides is 3. The van der Waals surface area contributed by atoms with Gasteiger partial charge in [0.05, 0.1) is 30.3 Å². The molecule has 2 heterocycles. The molecule has 0 radical (unpaired) electrons. The van der Waals surface area contributed by atoms with Crippen molar-refractivity contribution in [2.24, 2.45) is 5.92 Å². The zero-order chi connectivity index (χ0) is 26.9. The minimum absolute atomic E-state index is 0.0158. The van der Waals surface area contributed by atoms with Gasteiger partial charge in [-0.2, -0.15) is 13.2 Å². The fourth-order valence-corrected chi connectivity index (χ4v) is 4.07. The van der Waals surface area contributed by atoms with Crippen molar-refractivity contribution in [2.75, 3.05) is 23.8 Å². The third kappa shape index (κ3) is 5.21. The number of aromatic nitrogens is 2. The summed E-state index contributed by atoms with van der Waals surface area (Å²) in [4.78, 5) is 40.9. The minimum atomic E-state index is -4.74. The van der Waals surface area contributed by atoms with Crippen molar-refractivity contribution in [2.45, 2.75) is 19.6 Å². The molecule has 10 nitrogen and oxygen atoms in total. The Morgan fingerprint density at radius 2 is 1.89 bits per heavy atom. The molecule has 2 N–H and O–H groups in total. The van der Waals surface area contributed by atoms with Crippen molar-refractivity contribution in [3.8, 4) is 11.5 Å². The number of urea groups is 1. The van der Waals surface area contributed by atoms with Gasteiger partial charge in [0.15, 0.2) is 5.92 Å². The summed E-state index contributed by atoms with van der Waals surface area (Å²) in [5, 5.41) is 6.69. The first-order valence-electron chi connectivity index (χ1n) is 10.8. The van der Waals surface area contributed by atoms with Crippen LogP contribution in [-0.4, -0.2) is 46.2 Å². The fourth-order valence-electron chi connectivity index (χ4n) is 3.77. The van der Waals surface area contributed by atoms with Gasteiger partial charge in [-0.3, -0.25) is 19.4 Å². The van der Waals surface area contributed by atoms with Gasteiger partial charge in [0.25, 0.3) is 0 Å². The molecule has 14 heteroatoms. The molecule has 1 atom stereocenters. The second-order valence-electron chi connectivity index (χ2n) is 7.89. The molecule has 0 aliphatic carbocycles. The van der Waals surface area contributed by atoms with Crippen molar-refractivity contribution in [3.63, 3.8) is 0 Å². The largest absolute Gasteiger partial charge is 0.465 e. The number of amides is 3. The Hall–Kier alpha value is -4.13. The van der Waals surface area contributed by atoms with E-state index in [9.17, 15) is 27.6 Å². The average molecular weight is 538 g/mol. The summed E-state index contributed by atoms with van der Waals surface area (Å²) in [5.74, 6) is -3.05. The van der Waals surface area contributed by atoms with Crippen molar-refractivity contribution in [1.82, 2.24) is 15.1 Å². The highest BCUT2D eigenvalue weighted by Crippen LogP contribution is 2.37. The third-order valence-electron chi connectivity index (χ3n) is 5.54. The molecule has 1 aromatic heterocycles. The first-order valence-corrected chi connectivity index (χ1v) is 11.2. The van der Waals surface area contributed by atoms with E-state index in [4.69, 9.17) is 26.5 Å². The number of nitrogens with zero attached hydrogens (tertiary/aromatic N) is 4. The number of nitrogen functional groups attached to an aromatic ring is 1. The van der Waals surface area contributed by atoms with Crippen LogP contribution in [0, 0.1) is 5.92 Å². The highest BCUT2D eigenvalue weighted by molar-refractivity contribution is 6.32. The van der Waals surface area contributed by atoms with Crippen LogP contribution in [0.3, 0.4) is 0 Å². The summed E-state index contributed by atoms with van der Waals surface area (Å²) in [7, 11) is 0. The number of anilines is 2. The molecule has 1 aliphatic rings. The predicted octanol–water partition coefficient (Wildman–Crippen LogP) is 4.14. The standard InChI is InChI=1S/C23H19ClF3N5O5/c1-2-36-20(34)15-11-31(14-8-6-12(7-9-14)18-29-30-21(28)37-18)22(35)32(19(15)33)10-13-4-3-5-16(17(13)24)23(25,26)27/h3-9,15H,2,10-11H2,1H3,(H2,28,30). The number of hydrogen-bond donors (Lipinski definition) is 1. The lowest BCUT2D eigenvalue weighted by Crippen LogP contribution is -2.58. The molecule has 3 amide bonds. The zero-order valence-corrected chi connectivity index (χ0v) is 19.9. The van der Waals surface area contributed by atoms with Crippen LogP contribution in [0.15, 0.2) is 46.9 Å². The maximum absolute atomic E-state index is 13.4. The number of imide groups is 1. The lowest BCUT2D eigenvalue weighted by molar-refractivity contribution is -0.154. The molecule has 3 aromatic rings. The summed E-state index contributed by atoms with van der Waals surface area (Å²) in [6.07, 6.45) is -4.74. The Labute approximate surface area is 212 Å². The van der Waals surface area contributed by atoms with E-state index in [0.29, 0.717) is 16.2 Å². The SMILES string of the molecule is CCOC(=O)C1CN(c2ccc(-c3nnc(N)o3)cc2)C(=O)N(Cc2cccc(C(F)(F)F)c2Cl)C1=O. The van der Waals surface area contributed by atoms with E-state index in [2.05, 4.69) is 10.2 Å². The van der Waals surface area contributed by atoms with Gasteiger partial charge in [0.2, 0.25) is 11.8 Å². The topological polar surface area (TPSA) is 132 Å². The van der Waals surface area contributed by atoms with E-state index >= 15 is 0 Å². The predicted molar refractivity (Wildman–Crippen MR) is 124 cm³/mol. The summed E-state index contributed by atoms with van der Waals surface area (Å²) in [6.45, 7) is 0.609. The van der Waals surface area contributed by atoms with Gasteiger partial charge in [0, 0.05) is 11.3 Å². The summed E-state index contributed by atoms with van der Waals surface area (Å²) in [6, 6.07) is 8.33. The monoisotopic (exact) mass is 537 g/mol. The molecule has 1 aliphatic heterocycles. The second-order valence-corrected chi connectivity index (χ2v) is 8.27. The van der Waals surface area contributed by atoms with Gasteiger partial charge in [-0.25, -0.2) is 4.79 Å². The van der Waals surface area contributed by atoms with Gasteiger partial charge < -0.3 is 14.9 Å². The van der Waals surface area contributed by atoms with Gasteiger partial charge in [-0.15, -0.1) is 5.10 Å². The Balaban J connectivity index is 1.68. The van der Waals surface area contributed by atoms with Crippen molar-refractivity contribution < 1.29 is 36.7 Å². The van der Waals surface area contributed by atoms with E-state index in [1.54, 1.807) is 19.1 Å². The highest BCUT2D eigenvalue weighted by Gasteiger charge is 2.44. The number of carbonyl (C=O) groups excluding carboxylic acids is 3. The van der Waals surface area contributed by atoms with Gasteiger partial charge in [-0.1, -0.05) is 28.8 Å². The van der Waals surface area contributed by atoms with Gasteiger partial charge in [-0.05, 0) is 42.8 Å². The third-order valence-corrected chi connectivity index (χ3v) is 5.99. The molecule has 1 unspecified atom stereocenters. The highest BCUT2D eigenvalue weighted by atomic mass is 35.5. The number of ether oxygens (including phenoxy) is 1. The molecular formula is C23H19ClF3N5O5. The van der Waals surface area contributed by atoms with E-state index in [0.717, 1.165) is 17.0 Å². The maximum Gasteiger partial charge on any atom is 0.417 e. The number of hydrogen-bond acceptors (Lipinski definition) is 8. The van der Waals surface area contributed by atoms with E-state index in [-0.39, 0.29) is 30.6 Å². The number of benzene rings is 2. The maximum atomic E-state index is 13.4. The Kier molecular flexibility index (Phi) is 7.07. The number of halogens is 4. The van der Waals surface area contributed by atoms with E-state index < -0.39 is 47.1 Å². The number of nitrogens with two attached hydrogens (primary N) is 1. The quantitative estimate of drug-likeness (QED) is 0.366. The van der Waals surface area contributed by atoms with Crippen LogP contribution in [0.5, 0.6) is 0 Å². The Morgan fingerprint density at radius 1 is 1.19 bits per heavy atom. The molecular weight excluding hydrogens is 519 g/mol. The smallest absolute Gasteiger partial charge is 0.417 e. The molecule has 37 heavy (non-hydrogen) atoms. The number of esters is 1. The lowest BCUT2D eigenvalue weighted by atomic mass is 10.0. The first kappa shape index (κ1) is 25.9. The van der Waals surface area contributed by atoms with Crippen LogP contribution in [0.25, 0.3) is 11.5 Å². The summed E-state index contributed by atoms with van der Waals surface area (Å²) in [5.41, 5.74) is 4.99. The molecule has 1 saturated heterocycles. The number of rotatable bonds is 6. The van der Waals surface area contributed by atoms with Crippen molar-refractivity contribution in [1.29, 1.82) is 0 Å². The minimum Gasteiger partial charge on any atom is -0.465 e. The van der Waals surface area contributed by atoms with Gasteiger partial charge in [0.1, 0.15) is 0 Å². The molecule has 0 spiro atoms. The number of carbonyl (C=O) groups is 3. The molecule has 4 rings (SSSR count).